The normalized spacial score (nSPS) is 40.0. The van der Waals surface area contributed by atoms with Gasteiger partial charge in [-0.25, -0.2) is 0 Å². The molecule has 1 aliphatic rings. The maximum absolute atomic E-state index is 5.28. The average Bonchev–Trinajstić information content (AvgIpc) is 2.33. The molecule has 1 aliphatic heterocycles. The number of rotatable bonds is 2. The zero-order chi connectivity index (χ0) is 7.61. The Labute approximate surface area is 60.6 Å². The standard InChI is InChI=1S/C7H12O3/c1-4-7(2)9-5-6(8-3)10-7/h4,6H,1,5H2,2-3H3. The van der Waals surface area contributed by atoms with E-state index in [0.29, 0.717) is 6.61 Å². The third kappa shape index (κ3) is 1.37. The lowest BCUT2D eigenvalue weighted by molar-refractivity contribution is -0.165. The first-order valence-electron chi connectivity index (χ1n) is 3.18. The summed E-state index contributed by atoms with van der Waals surface area (Å²) in [7, 11) is 1.59. The minimum absolute atomic E-state index is 0.247. The highest BCUT2D eigenvalue weighted by atomic mass is 16.8. The van der Waals surface area contributed by atoms with Crippen molar-refractivity contribution in [3.05, 3.63) is 12.7 Å². The first-order chi connectivity index (χ1) is 4.70. The van der Waals surface area contributed by atoms with Crippen LogP contribution in [0.3, 0.4) is 0 Å². The van der Waals surface area contributed by atoms with Gasteiger partial charge in [-0.1, -0.05) is 6.58 Å². The molecule has 0 amide bonds. The molecule has 0 aromatic carbocycles. The molecule has 3 heteroatoms. The third-order valence-electron chi connectivity index (χ3n) is 1.51. The quantitative estimate of drug-likeness (QED) is 0.539. The van der Waals surface area contributed by atoms with Gasteiger partial charge >= 0.3 is 0 Å². The number of methoxy groups -OCH3 is 1. The van der Waals surface area contributed by atoms with Crippen molar-refractivity contribution in [3.63, 3.8) is 0 Å². The Morgan fingerprint density at radius 2 is 2.50 bits per heavy atom. The van der Waals surface area contributed by atoms with Crippen LogP contribution in [0.5, 0.6) is 0 Å². The van der Waals surface area contributed by atoms with Crippen molar-refractivity contribution in [2.45, 2.75) is 19.0 Å². The average molecular weight is 144 g/mol. The fourth-order valence-corrected chi connectivity index (χ4v) is 0.786. The Morgan fingerprint density at radius 3 is 2.80 bits per heavy atom. The van der Waals surface area contributed by atoms with E-state index >= 15 is 0 Å². The highest BCUT2D eigenvalue weighted by Gasteiger charge is 2.34. The smallest absolute Gasteiger partial charge is 0.188 e. The molecule has 0 saturated carbocycles. The summed E-state index contributed by atoms with van der Waals surface area (Å²) in [5.41, 5.74) is 0. The second-order valence-corrected chi connectivity index (χ2v) is 2.31. The van der Waals surface area contributed by atoms with Crippen molar-refractivity contribution in [2.24, 2.45) is 0 Å². The summed E-state index contributed by atoms with van der Waals surface area (Å²) >= 11 is 0. The molecule has 3 nitrogen and oxygen atoms in total. The van der Waals surface area contributed by atoms with E-state index in [9.17, 15) is 0 Å². The van der Waals surface area contributed by atoms with Gasteiger partial charge in [-0.05, 0) is 13.0 Å². The number of ether oxygens (including phenoxy) is 3. The maximum Gasteiger partial charge on any atom is 0.188 e. The molecular formula is C7H12O3. The zero-order valence-electron chi connectivity index (χ0n) is 6.29. The van der Waals surface area contributed by atoms with E-state index in [2.05, 4.69) is 6.58 Å². The minimum Gasteiger partial charge on any atom is -0.353 e. The molecule has 2 atom stereocenters. The lowest BCUT2D eigenvalue weighted by atomic mass is 10.3. The topological polar surface area (TPSA) is 27.7 Å². The molecule has 0 radical (unpaired) electrons. The van der Waals surface area contributed by atoms with E-state index in [4.69, 9.17) is 14.2 Å². The van der Waals surface area contributed by atoms with E-state index < -0.39 is 5.79 Å². The van der Waals surface area contributed by atoms with Crippen molar-refractivity contribution in [1.29, 1.82) is 0 Å². The Bertz CT molecular complexity index is 135. The van der Waals surface area contributed by atoms with Gasteiger partial charge in [0, 0.05) is 7.11 Å². The predicted octanol–water partition coefficient (Wildman–Crippen LogP) is 0.908. The summed E-state index contributed by atoms with van der Waals surface area (Å²) in [5.74, 6) is -0.652. The first-order valence-corrected chi connectivity index (χ1v) is 3.18. The summed E-state index contributed by atoms with van der Waals surface area (Å²) in [6.45, 7) is 5.85. The van der Waals surface area contributed by atoms with Crippen LogP contribution in [-0.4, -0.2) is 25.8 Å². The Balaban J connectivity index is 2.48. The molecule has 2 unspecified atom stereocenters. The van der Waals surface area contributed by atoms with Crippen LogP contribution in [0.4, 0.5) is 0 Å². The van der Waals surface area contributed by atoms with Gasteiger partial charge < -0.3 is 14.2 Å². The van der Waals surface area contributed by atoms with Crippen LogP contribution in [0.15, 0.2) is 12.7 Å². The van der Waals surface area contributed by atoms with Crippen LogP contribution in [0.25, 0.3) is 0 Å². The molecule has 0 spiro atoms. The number of hydrogen-bond donors (Lipinski definition) is 0. The van der Waals surface area contributed by atoms with Crippen LogP contribution in [-0.2, 0) is 14.2 Å². The van der Waals surface area contributed by atoms with Gasteiger partial charge in [0.15, 0.2) is 12.1 Å². The first kappa shape index (κ1) is 7.72. The number of hydrogen-bond acceptors (Lipinski definition) is 3. The van der Waals surface area contributed by atoms with E-state index in [1.165, 1.54) is 0 Å². The largest absolute Gasteiger partial charge is 0.353 e. The van der Waals surface area contributed by atoms with Crippen LogP contribution in [0, 0.1) is 0 Å². The van der Waals surface area contributed by atoms with Crippen molar-refractivity contribution >= 4 is 0 Å². The molecular weight excluding hydrogens is 132 g/mol. The van der Waals surface area contributed by atoms with Crippen LogP contribution in [0.2, 0.25) is 0 Å². The van der Waals surface area contributed by atoms with E-state index in [-0.39, 0.29) is 6.29 Å². The third-order valence-corrected chi connectivity index (χ3v) is 1.51. The Morgan fingerprint density at radius 1 is 1.80 bits per heavy atom. The molecule has 1 rings (SSSR count). The molecule has 0 aliphatic carbocycles. The van der Waals surface area contributed by atoms with Gasteiger partial charge in [-0.15, -0.1) is 0 Å². The molecule has 0 N–H and O–H groups in total. The second kappa shape index (κ2) is 2.70. The molecule has 58 valence electrons. The summed E-state index contributed by atoms with van der Waals surface area (Å²) in [4.78, 5) is 0. The van der Waals surface area contributed by atoms with Gasteiger partial charge in [-0.2, -0.15) is 0 Å². The van der Waals surface area contributed by atoms with Gasteiger partial charge in [0.1, 0.15) is 6.61 Å². The molecule has 0 bridgehead atoms. The highest BCUT2D eigenvalue weighted by molar-refractivity contribution is 4.88. The maximum atomic E-state index is 5.28. The monoisotopic (exact) mass is 144 g/mol. The molecule has 0 aromatic rings. The predicted molar refractivity (Wildman–Crippen MR) is 36.4 cm³/mol. The van der Waals surface area contributed by atoms with Crippen LogP contribution in [0.1, 0.15) is 6.92 Å². The lowest BCUT2D eigenvalue weighted by Crippen LogP contribution is -2.23. The summed E-state index contributed by atoms with van der Waals surface area (Å²) in [6.07, 6.45) is 1.37. The van der Waals surface area contributed by atoms with Gasteiger partial charge in [0.25, 0.3) is 0 Å². The van der Waals surface area contributed by atoms with Crippen molar-refractivity contribution in [3.8, 4) is 0 Å². The molecule has 1 saturated heterocycles. The van der Waals surface area contributed by atoms with Gasteiger partial charge in [-0.3, -0.25) is 0 Å². The van der Waals surface area contributed by atoms with Crippen LogP contribution >= 0.6 is 0 Å². The fraction of sp³-hybridized carbons (Fsp3) is 0.714. The van der Waals surface area contributed by atoms with Crippen molar-refractivity contribution in [2.75, 3.05) is 13.7 Å². The summed E-state index contributed by atoms with van der Waals surface area (Å²) in [6, 6.07) is 0. The second-order valence-electron chi connectivity index (χ2n) is 2.31. The van der Waals surface area contributed by atoms with Crippen LogP contribution < -0.4 is 0 Å². The Hall–Kier alpha value is -0.380. The molecule has 1 fully saturated rings. The SMILES string of the molecule is C=CC1(C)OCC(OC)O1. The summed E-state index contributed by atoms with van der Waals surface area (Å²) in [5, 5.41) is 0. The zero-order valence-corrected chi connectivity index (χ0v) is 6.29. The van der Waals surface area contributed by atoms with Crippen molar-refractivity contribution in [1.82, 2.24) is 0 Å². The lowest BCUT2D eigenvalue weighted by Gasteiger charge is -2.16. The Kier molecular flexibility index (Phi) is 2.08. The fourth-order valence-electron chi connectivity index (χ4n) is 0.786. The molecule has 0 aromatic heterocycles. The van der Waals surface area contributed by atoms with Gasteiger partial charge in [0.2, 0.25) is 0 Å². The van der Waals surface area contributed by atoms with Crippen molar-refractivity contribution < 1.29 is 14.2 Å². The summed E-state index contributed by atoms with van der Waals surface area (Å²) < 4.78 is 15.4. The minimum atomic E-state index is -0.652. The molecule has 10 heavy (non-hydrogen) atoms. The van der Waals surface area contributed by atoms with E-state index in [0.717, 1.165) is 0 Å². The molecule has 1 heterocycles. The van der Waals surface area contributed by atoms with E-state index in [1.807, 2.05) is 0 Å². The highest BCUT2D eigenvalue weighted by Crippen LogP contribution is 2.23. The van der Waals surface area contributed by atoms with E-state index in [1.54, 1.807) is 20.1 Å². The van der Waals surface area contributed by atoms with Gasteiger partial charge in [0.05, 0.1) is 0 Å².